The first-order valence-electron chi connectivity index (χ1n) is 10.9. The van der Waals surface area contributed by atoms with Gasteiger partial charge in [0.15, 0.2) is 6.61 Å². The Balaban J connectivity index is 1.53. The number of carbonyl (C=O) groups is 2. The van der Waals surface area contributed by atoms with Gasteiger partial charge in [-0.05, 0) is 55.5 Å². The average Bonchev–Trinajstić information content (AvgIpc) is 3.28. The minimum atomic E-state index is -0.220. The molecular formula is C25H27N3O3S. The molecule has 1 fully saturated rings. The SMILES string of the molecule is CC(NC(=O)c1sc(-c2ccccc2)cc1OCC(=O)N1CCCCC1)c1ccncc1. The molecule has 2 amide bonds. The van der Waals surface area contributed by atoms with E-state index in [2.05, 4.69) is 10.3 Å². The molecule has 1 saturated heterocycles. The number of nitrogens with zero attached hydrogens (tertiary/aromatic N) is 2. The van der Waals surface area contributed by atoms with Crippen molar-refractivity contribution in [3.8, 4) is 16.2 Å². The highest BCUT2D eigenvalue weighted by Crippen LogP contribution is 2.36. The second-order valence-electron chi connectivity index (χ2n) is 7.88. The van der Waals surface area contributed by atoms with Crippen LogP contribution >= 0.6 is 11.3 Å². The normalized spacial score (nSPS) is 14.6. The molecule has 0 radical (unpaired) electrons. The molecule has 1 aliphatic heterocycles. The molecule has 1 unspecified atom stereocenters. The predicted octanol–water partition coefficient (Wildman–Crippen LogP) is 4.69. The molecule has 1 aromatic carbocycles. The smallest absolute Gasteiger partial charge is 0.265 e. The Morgan fingerprint density at radius 3 is 2.53 bits per heavy atom. The Kier molecular flexibility index (Phi) is 7.17. The van der Waals surface area contributed by atoms with Gasteiger partial charge in [-0.2, -0.15) is 0 Å². The Morgan fingerprint density at radius 1 is 1.09 bits per heavy atom. The van der Waals surface area contributed by atoms with Crippen molar-refractivity contribution in [1.82, 2.24) is 15.2 Å². The molecule has 3 heterocycles. The zero-order valence-electron chi connectivity index (χ0n) is 18.1. The van der Waals surface area contributed by atoms with E-state index in [1.807, 2.05) is 60.4 Å². The van der Waals surface area contributed by atoms with E-state index in [9.17, 15) is 9.59 Å². The Bertz CT molecular complexity index is 1050. The largest absolute Gasteiger partial charge is 0.482 e. The van der Waals surface area contributed by atoms with E-state index in [1.165, 1.54) is 11.3 Å². The number of rotatable bonds is 7. The van der Waals surface area contributed by atoms with Crippen molar-refractivity contribution in [1.29, 1.82) is 0 Å². The van der Waals surface area contributed by atoms with Crippen molar-refractivity contribution in [2.45, 2.75) is 32.2 Å². The van der Waals surface area contributed by atoms with Gasteiger partial charge in [-0.1, -0.05) is 30.3 Å². The minimum Gasteiger partial charge on any atom is -0.482 e. The lowest BCUT2D eigenvalue weighted by atomic mass is 10.1. The third-order valence-electron chi connectivity index (χ3n) is 5.58. The Labute approximate surface area is 192 Å². The number of benzene rings is 1. The molecule has 166 valence electrons. The number of hydrogen-bond acceptors (Lipinski definition) is 5. The van der Waals surface area contributed by atoms with Gasteiger partial charge in [-0.3, -0.25) is 14.6 Å². The van der Waals surface area contributed by atoms with E-state index < -0.39 is 0 Å². The summed E-state index contributed by atoms with van der Waals surface area (Å²) in [4.78, 5) is 33.0. The van der Waals surface area contributed by atoms with Crippen LogP contribution in [0.2, 0.25) is 0 Å². The number of hydrogen-bond donors (Lipinski definition) is 1. The summed E-state index contributed by atoms with van der Waals surface area (Å²) >= 11 is 1.37. The number of amides is 2. The molecular weight excluding hydrogens is 422 g/mol. The van der Waals surface area contributed by atoms with Crippen LogP contribution in [-0.4, -0.2) is 41.4 Å². The highest BCUT2D eigenvalue weighted by molar-refractivity contribution is 7.17. The van der Waals surface area contributed by atoms with Crippen LogP contribution < -0.4 is 10.1 Å². The molecule has 3 aromatic rings. The third-order valence-corrected chi connectivity index (χ3v) is 6.74. The molecule has 32 heavy (non-hydrogen) atoms. The number of likely N-dealkylation sites (tertiary alicyclic amines) is 1. The third kappa shape index (κ3) is 5.34. The minimum absolute atomic E-state index is 0.0336. The van der Waals surface area contributed by atoms with Crippen molar-refractivity contribution in [3.63, 3.8) is 0 Å². The highest BCUT2D eigenvalue weighted by atomic mass is 32.1. The van der Waals surface area contributed by atoms with Crippen molar-refractivity contribution >= 4 is 23.2 Å². The summed E-state index contributed by atoms with van der Waals surface area (Å²) in [6, 6.07) is 15.3. The second kappa shape index (κ2) is 10.4. The van der Waals surface area contributed by atoms with Gasteiger partial charge in [0.05, 0.1) is 6.04 Å². The molecule has 7 heteroatoms. The summed E-state index contributed by atoms with van der Waals surface area (Å²) in [7, 11) is 0. The molecule has 0 bridgehead atoms. The maximum absolute atomic E-state index is 13.1. The topological polar surface area (TPSA) is 71.5 Å². The monoisotopic (exact) mass is 449 g/mol. The summed E-state index contributed by atoms with van der Waals surface area (Å²) in [5.41, 5.74) is 1.97. The summed E-state index contributed by atoms with van der Waals surface area (Å²) in [6.45, 7) is 3.42. The van der Waals surface area contributed by atoms with Gasteiger partial charge in [0, 0.05) is 30.4 Å². The summed E-state index contributed by atoms with van der Waals surface area (Å²) in [5.74, 6) is 0.189. The van der Waals surface area contributed by atoms with Crippen LogP contribution in [0.15, 0.2) is 60.9 Å². The second-order valence-corrected chi connectivity index (χ2v) is 8.93. The first kappa shape index (κ1) is 22.0. The number of piperidine rings is 1. The average molecular weight is 450 g/mol. The van der Waals surface area contributed by atoms with E-state index in [-0.39, 0.29) is 24.5 Å². The number of aromatic nitrogens is 1. The quantitative estimate of drug-likeness (QED) is 0.568. The fourth-order valence-corrected chi connectivity index (χ4v) is 4.77. The van der Waals surface area contributed by atoms with Gasteiger partial charge < -0.3 is 15.0 Å². The lowest BCUT2D eigenvalue weighted by Crippen LogP contribution is -2.38. The van der Waals surface area contributed by atoms with Crippen LogP contribution in [0.1, 0.15) is 47.5 Å². The van der Waals surface area contributed by atoms with E-state index in [0.29, 0.717) is 10.6 Å². The maximum atomic E-state index is 13.1. The fourth-order valence-electron chi connectivity index (χ4n) is 3.76. The Hall–Kier alpha value is -3.19. The zero-order chi connectivity index (χ0) is 22.3. The van der Waals surface area contributed by atoms with Crippen molar-refractivity contribution in [3.05, 3.63) is 71.4 Å². The van der Waals surface area contributed by atoms with E-state index in [4.69, 9.17) is 4.74 Å². The van der Waals surface area contributed by atoms with E-state index in [1.54, 1.807) is 12.4 Å². The highest BCUT2D eigenvalue weighted by Gasteiger charge is 2.23. The van der Waals surface area contributed by atoms with Crippen LogP contribution in [0.4, 0.5) is 0 Å². The molecule has 1 N–H and O–H groups in total. The summed E-state index contributed by atoms with van der Waals surface area (Å²) < 4.78 is 5.91. The van der Waals surface area contributed by atoms with Gasteiger partial charge in [0.25, 0.3) is 11.8 Å². The number of thiophene rings is 1. The van der Waals surface area contributed by atoms with Crippen LogP contribution in [0.5, 0.6) is 5.75 Å². The van der Waals surface area contributed by atoms with Gasteiger partial charge >= 0.3 is 0 Å². The molecule has 1 atom stereocenters. The van der Waals surface area contributed by atoms with Crippen molar-refractivity contribution in [2.24, 2.45) is 0 Å². The molecule has 0 aliphatic carbocycles. The zero-order valence-corrected chi connectivity index (χ0v) is 18.9. The number of nitrogens with one attached hydrogen (secondary N) is 1. The van der Waals surface area contributed by atoms with Crippen LogP contribution in [0, 0.1) is 0 Å². The number of pyridine rings is 1. The molecule has 1 aliphatic rings. The lowest BCUT2D eigenvalue weighted by Gasteiger charge is -2.26. The first-order chi connectivity index (χ1) is 15.6. The number of ether oxygens (including phenoxy) is 1. The van der Waals surface area contributed by atoms with Gasteiger partial charge in [0.1, 0.15) is 10.6 Å². The van der Waals surface area contributed by atoms with Crippen molar-refractivity contribution in [2.75, 3.05) is 19.7 Å². The summed E-state index contributed by atoms with van der Waals surface area (Å²) in [5, 5.41) is 3.04. The lowest BCUT2D eigenvalue weighted by molar-refractivity contribution is -0.134. The van der Waals surface area contributed by atoms with Crippen LogP contribution in [0.3, 0.4) is 0 Å². The van der Waals surface area contributed by atoms with Crippen molar-refractivity contribution < 1.29 is 14.3 Å². The van der Waals surface area contributed by atoms with E-state index in [0.717, 1.165) is 48.4 Å². The molecule has 6 nitrogen and oxygen atoms in total. The fraction of sp³-hybridized carbons (Fsp3) is 0.320. The molecule has 0 spiro atoms. The number of carbonyl (C=O) groups excluding carboxylic acids is 2. The first-order valence-corrected chi connectivity index (χ1v) is 11.7. The molecule has 2 aromatic heterocycles. The van der Waals surface area contributed by atoms with Crippen LogP contribution in [0.25, 0.3) is 10.4 Å². The van der Waals surface area contributed by atoms with Gasteiger partial charge in [-0.25, -0.2) is 0 Å². The van der Waals surface area contributed by atoms with Crippen LogP contribution in [-0.2, 0) is 4.79 Å². The van der Waals surface area contributed by atoms with Gasteiger partial charge in [0.2, 0.25) is 0 Å². The summed E-state index contributed by atoms with van der Waals surface area (Å²) in [6.07, 6.45) is 6.64. The molecule has 4 rings (SSSR count). The standard InChI is InChI=1S/C25H27N3O3S/c1-18(19-10-12-26-13-11-19)27-25(30)24-21(16-22(32-24)20-8-4-2-5-9-20)31-17-23(29)28-14-6-3-7-15-28/h2,4-5,8-13,16,18H,3,6-7,14-15,17H2,1H3,(H,27,30). The van der Waals surface area contributed by atoms with Gasteiger partial charge in [-0.15, -0.1) is 11.3 Å². The maximum Gasteiger partial charge on any atom is 0.265 e. The molecule has 0 saturated carbocycles. The Morgan fingerprint density at radius 2 is 1.81 bits per heavy atom. The van der Waals surface area contributed by atoms with E-state index >= 15 is 0 Å². The predicted molar refractivity (Wildman–Crippen MR) is 126 cm³/mol.